The molecule has 0 amide bonds. The number of phenolic OH excluding ortho intramolecular Hbond substituents is 1. The summed E-state index contributed by atoms with van der Waals surface area (Å²) in [6, 6.07) is 3.91. The molecule has 0 saturated heterocycles. The van der Waals surface area contributed by atoms with Crippen molar-refractivity contribution in [2.24, 2.45) is 5.92 Å². The minimum absolute atomic E-state index is 0.125. The van der Waals surface area contributed by atoms with Crippen LogP contribution < -0.4 is 4.74 Å². The first kappa shape index (κ1) is 12.3. The van der Waals surface area contributed by atoms with Gasteiger partial charge in [0.15, 0.2) is 11.5 Å². The van der Waals surface area contributed by atoms with Crippen molar-refractivity contribution in [3.05, 3.63) is 23.3 Å². The summed E-state index contributed by atoms with van der Waals surface area (Å²) in [5.74, 6) is 2.00. The van der Waals surface area contributed by atoms with Crippen molar-refractivity contribution >= 4 is 0 Å². The first-order chi connectivity index (χ1) is 7.93. The lowest BCUT2D eigenvalue weighted by atomic mass is 9.76. The SMILES string of the molecule is CC[C@H]1c2cc(OC)c(O)cc2C(C)(C)[C@@H]1C. The van der Waals surface area contributed by atoms with E-state index in [9.17, 15) is 5.11 Å². The fourth-order valence-corrected chi connectivity index (χ4v) is 3.20. The molecule has 1 aliphatic carbocycles. The Bertz CT molecular complexity index is 435. The van der Waals surface area contributed by atoms with Gasteiger partial charge in [-0.25, -0.2) is 0 Å². The van der Waals surface area contributed by atoms with Gasteiger partial charge in [-0.1, -0.05) is 27.7 Å². The first-order valence-corrected chi connectivity index (χ1v) is 6.34. The predicted octanol–water partition coefficient (Wildman–Crippen LogP) is 3.82. The summed E-state index contributed by atoms with van der Waals surface area (Å²) in [4.78, 5) is 0. The van der Waals surface area contributed by atoms with Crippen LogP contribution in [0.2, 0.25) is 0 Å². The van der Waals surface area contributed by atoms with Crippen molar-refractivity contribution in [1.82, 2.24) is 0 Å². The number of benzene rings is 1. The topological polar surface area (TPSA) is 29.5 Å². The van der Waals surface area contributed by atoms with Gasteiger partial charge >= 0.3 is 0 Å². The van der Waals surface area contributed by atoms with Crippen molar-refractivity contribution in [1.29, 1.82) is 0 Å². The summed E-state index contributed by atoms with van der Waals surface area (Å²) in [5.41, 5.74) is 2.74. The maximum atomic E-state index is 9.93. The first-order valence-electron chi connectivity index (χ1n) is 6.34. The fourth-order valence-electron chi connectivity index (χ4n) is 3.20. The number of fused-ring (bicyclic) bond motifs is 1. The zero-order valence-electron chi connectivity index (χ0n) is 11.4. The van der Waals surface area contributed by atoms with E-state index in [0.717, 1.165) is 6.42 Å². The van der Waals surface area contributed by atoms with Crippen LogP contribution in [0.4, 0.5) is 0 Å². The van der Waals surface area contributed by atoms with Gasteiger partial charge in [0.2, 0.25) is 0 Å². The number of hydrogen-bond donors (Lipinski definition) is 1. The smallest absolute Gasteiger partial charge is 0.160 e. The molecule has 1 N–H and O–H groups in total. The molecule has 0 fully saturated rings. The molecule has 0 aliphatic heterocycles. The maximum Gasteiger partial charge on any atom is 0.160 e. The Morgan fingerprint density at radius 2 is 2.00 bits per heavy atom. The lowest BCUT2D eigenvalue weighted by molar-refractivity contribution is 0.325. The standard InChI is InChI=1S/C15H22O2/c1-6-10-9(2)15(3,4)12-8-13(16)14(17-5)7-11(10)12/h7-10,16H,6H2,1-5H3/t9-,10-/m1/s1. The Hall–Kier alpha value is -1.18. The van der Waals surface area contributed by atoms with E-state index in [0.29, 0.717) is 17.6 Å². The zero-order chi connectivity index (χ0) is 12.8. The summed E-state index contributed by atoms with van der Waals surface area (Å²) in [6.45, 7) is 9.06. The Morgan fingerprint density at radius 1 is 1.35 bits per heavy atom. The van der Waals surface area contributed by atoms with Crippen LogP contribution in [0.25, 0.3) is 0 Å². The number of aromatic hydroxyl groups is 1. The highest BCUT2D eigenvalue weighted by Gasteiger charge is 2.43. The number of methoxy groups -OCH3 is 1. The molecule has 2 rings (SSSR count). The van der Waals surface area contributed by atoms with Gasteiger partial charge in [0.1, 0.15) is 0 Å². The quantitative estimate of drug-likeness (QED) is 0.843. The Balaban J connectivity index is 2.63. The van der Waals surface area contributed by atoms with E-state index in [1.807, 2.05) is 12.1 Å². The summed E-state index contributed by atoms with van der Waals surface area (Å²) >= 11 is 0. The van der Waals surface area contributed by atoms with Gasteiger partial charge in [0.05, 0.1) is 7.11 Å². The third-order valence-electron chi connectivity index (χ3n) is 4.63. The van der Waals surface area contributed by atoms with Gasteiger partial charge in [-0.15, -0.1) is 0 Å². The molecule has 17 heavy (non-hydrogen) atoms. The Kier molecular flexibility index (Phi) is 2.84. The van der Waals surface area contributed by atoms with Crippen LogP contribution in [0.3, 0.4) is 0 Å². The average Bonchev–Trinajstić information content (AvgIpc) is 2.47. The lowest BCUT2D eigenvalue weighted by Gasteiger charge is -2.27. The molecular formula is C15H22O2. The number of phenols is 1. The van der Waals surface area contributed by atoms with Crippen LogP contribution in [0.5, 0.6) is 11.5 Å². The lowest BCUT2D eigenvalue weighted by Crippen LogP contribution is -2.23. The van der Waals surface area contributed by atoms with Crippen molar-refractivity contribution in [3.63, 3.8) is 0 Å². The Morgan fingerprint density at radius 3 is 2.53 bits per heavy atom. The van der Waals surface area contributed by atoms with Crippen LogP contribution in [-0.2, 0) is 5.41 Å². The number of hydrogen-bond acceptors (Lipinski definition) is 2. The molecule has 94 valence electrons. The molecule has 0 radical (unpaired) electrons. The highest BCUT2D eigenvalue weighted by molar-refractivity contribution is 5.53. The van der Waals surface area contributed by atoms with E-state index >= 15 is 0 Å². The van der Waals surface area contributed by atoms with E-state index < -0.39 is 0 Å². The van der Waals surface area contributed by atoms with Crippen LogP contribution in [0, 0.1) is 5.92 Å². The van der Waals surface area contributed by atoms with E-state index in [2.05, 4.69) is 27.7 Å². The molecule has 2 nitrogen and oxygen atoms in total. The van der Waals surface area contributed by atoms with Crippen molar-refractivity contribution in [2.45, 2.75) is 45.4 Å². The summed E-state index contributed by atoms with van der Waals surface area (Å²) < 4.78 is 5.22. The summed E-state index contributed by atoms with van der Waals surface area (Å²) in [5, 5.41) is 9.93. The summed E-state index contributed by atoms with van der Waals surface area (Å²) in [6.07, 6.45) is 1.13. The van der Waals surface area contributed by atoms with Crippen LogP contribution >= 0.6 is 0 Å². The van der Waals surface area contributed by atoms with Gasteiger partial charge < -0.3 is 9.84 Å². The molecule has 0 aromatic heterocycles. The van der Waals surface area contributed by atoms with Crippen LogP contribution in [-0.4, -0.2) is 12.2 Å². The second-order valence-corrected chi connectivity index (χ2v) is 5.64. The van der Waals surface area contributed by atoms with E-state index in [4.69, 9.17) is 4.74 Å². The van der Waals surface area contributed by atoms with Gasteiger partial charge in [0, 0.05) is 0 Å². The van der Waals surface area contributed by atoms with Gasteiger partial charge in [0.25, 0.3) is 0 Å². The third-order valence-corrected chi connectivity index (χ3v) is 4.63. The largest absolute Gasteiger partial charge is 0.504 e. The van der Waals surface area contributed by atoms with Gasteiger partial charge in [-0.05, 0) is 46.9 Å². The van der Waals surface area contributed by atoms with Gasteiger partial charge in [-0.2, -0.15) is 0 Å². The molecule has 2 atom stereocenters. The normalized spacial score (nSPS) is 25.7. The highest BCUT2D eigenvalue weighted by Crippen LogP contribution is 2.53. The molecule has 0 heterocycles. The molecular weight excluding hydrogens is 212 g/mol. The second-order valence-electron chi connectivity index (χ2n) is 5.64. The molecule has 0 spiro atoms. The maximum absolute atomic E-state index is 9.93. The Labute approximate surface area is 104 Å². The minimum Gasteiger partial charge on any atom is -0.504 e. The molecule has 0 unspecified atom stereocenters. The third kappa shape index (κ3) is 1.62. The molecule has 0 saturated carbocycles. The number of rotatable bonds is 2. The summed E-state index contributed by atoms with van der Waals surface area (Å²) in [7, 11) is 1.60. The molecule has 1 aromatic carbocycles. The number of ether oxygens (including phenoxy) is 1. The monoisotopic (exact) mass is 234 g/mol. The van der Waals surface area contributed by atoms with E-state index in [-0.39, 0.29) is 11.2 Å². The second kappa shape index (κ2) is 3.94. The average molecular weight is 234 g/mol. The minimum atomic E-state index is 0.125. The fraction of sp³-hybridized carbons (Fsp3) is 0.600. The van der Waals surface area contributed by atoms with Crippen molar-refractivity contribution in [3.8, 4) is 11.5 Å². The molecule has 1 aliphatic rings. The van der Waals surface area contributed by atoms with E-state index in [1.54, 1.807) is 7.11 Å². The molecule has 0 bridgehead atoms. The van der Waals surface area contributed by atoms with Crippen LogP contribution in [0.1, 0.15) is 51.2 Å². The van der Waals surface area contributed by atoms with Crippen molar-refractivity contribution in [2.75, 3.05) is 7.11 Å². The van der Waals surface area contributed by atoms with Crippen molar-refractivity contribution < 1.29 is 9.84 Å². The highest BCUT2D eigenvalue weighted by atomic mass is 16.5. The van der Waals surface area contributed by atoms with Gasteiger partial charge in [-0.3, -0.25) is 0 Å². The molecule has 2 heteroatoms. The molecule has 1 aromatic rings. The van der Waals surface area contributed by atoms with Crippen LogP contribution in [0.15, 0.2) is 12.1 Å². The predicted molar refractivity (Wildman–Crippen MR) is 69.9 cm³/mol. The zero-order valence-corrected chi connectivity index (χ0v) is 11.4. The van der Waals surface area contributed by atoms with E-state index in [1.165, 1.54) is 11.1 Å².